The predicted molar refractivity (Wildman–Crippen MR) is 90.6 cm³/mol. The van der Waals surface area contributed by atoms with Crippen LogP contribution < -0.4 is 5.32 Å². The van der Waals surface area contributed by atoms with E-state index in [1.165, 1.54) is 31.2 Å². The Morgan fingerprint density at radius 2 is 1.58 bits per heavy atom. The molecule has 0 unspecified atom stereocenters. The number of ether oxygens (including phenoxy) is 1. The molecule has 1 atom stereocenters. The summed E-state index contributed by atoms with van der Waals surface area (Å²) in [5, 5.41) is 2.80. The van der Waals surface area contributed by atoms with Crippen LogP contribution in [0.15, 0.2) is 36.4 Å². The summed E-state index contributed by atoms with van der Waals surface area (Å²) in [5.41, 5.74) is 3.91. The Hall–Kier alpha value is -2.69. The van der Waals surface area contributed by atoms with E-state index < -0.39 is 23.8 Å². The van der Waals surface area contributed by atoms with E-state index >= 15 is 0 Å². The van der Waals surface area contributed by atoms with E-state index in [0.29, 0.717) is 0 Å². The Kier molecular flexibility index (Phi) is 5.34. The maximum absolute atomic E-state index is 12.9. The number of amides is 1. The Morgan fingerprint density at radius 1 is 1.04 bits per heavy atom. The first kappa shape index (κ1) is 17.7. The standard InChI is InChI=1S/C19H20FNO3/c1-11-9-12(2)17(13(3)10-11)21-18(22)14(4)24-19(23)15-5-7-16(20)8-6-15/h5-10,14H,1-4H3,(H,21,22)/t14-/m1/s1. The highest BCUT2D eigenvalue weighted by molar-refractivity contribution is 5.98. The summed E-state index contributed by atoms with van der Waals surface area (Å²) in [7, 11) is 0. The maximum atomic E-state index is 12.9. The molecule has 0 aromatic heterocycles. The number of rotatable bonds is 4. The first-order valence-corrected chi connectivity index (χ1v) is 7.63. The minimum Gasteiger partial charge on any atom is -0.449 e. The van der Waals surface area contributed by atoms with Crippen LogP contribution in [0.1, 0.15) is 34.0 Å². The van der Waals surface area contributed by atoms with Crippen molar-refractivity contribution in [3.05, 3.63) is 64.5 Å². The molecule has 1 amide bonds. The van der Waals surface area contributed by atoms with Crippen LogP contribution in [-0.4, -0.2) is 18.0 Å². The van der Waals surface area contributed by atoms with E-state index in [-0.39, 0.29) is 5.56 Å². The third kappa shape index (κ3) is 4.19. The van der Waals surface area contributed by atoms with Gasteiger partial charge in [0.1, 0.15) is 5.82 Å². The molecule has 1 N–H and O–H groups in total. The summed E-state index contributed by atoms with van der Waals surface area (Å²) in [6.45, 7) is 7.30. The highest BCUT2D eigenvalue weighted by Crippen LogP contribution is 2.22. The number of nitrogens with one attached hydrogen (secondary N) is 1. The summed E-state index contributed by atoms with van der Waals surface area (Å²) in [6, 6.07) is 8.91. The number of halogens is 1. The van der Waals surface area contributed by atoms with Crippen molar-refractivity contribution in [2.24, 2.45) is 0 Å². The molecule has 126 valence electrons. The SMILES string of the molecule is Cc1cc(C)c(NC(=O)[C@@H](C)OC(=O)c2ccc(F)cc2)c(C)c1. The van der Waals surface area contributed by atoms with Gasteiger partial charge >= 0.3 is 5.97 Å². The number of carbonyl (C=O) groups is 2. The third-order valence-electron chi connectivity index (χ3n) is 3.66. The Morgan fingerprint density at radius 3 is 2.12 bits per heavy atom. The molecule has 0 aliphatic carbocycles. The molecule has 2 aromatic rings. The monoisotopic (exact) mass is 329 g/mol. The number of aryl methyl sites for hydroxylation is 3. The largest absolute Gasteiger partial charge is 0.449 e. The summed E-state index contributed by atoms with van der Waals surface area (Å²) >= 11 is 0. The molecule has 0 radical (unpaired) electrons. The van der Waals surface area contributed by atoms with Gasteiger partial charge in [0.25, 0.3) is 5.91 Å². The molecule has 0 fully saturated rings. The smallest absolute Gasteiger partial charge is 0.338 e. The number of anilines is 1. The molecule has 0 saturated heterocycles. The second kappa shape index (κ2) is 7.25. The minimum absolute atomic E-state index is 0.193. The van der Waals surface area contributed by atoms with Crippen molar-refractivity contribution in [2.45, 2.75) is 33.8 Å². The first-order chi connectivity index (χ1) is 11.3. The molecular formula is C19H20FNO3. The molecule has 24 heavy (non-hydrogen) atoms. The Balaban J connectivity index is 2.05. The lowest BCUT2D eigenvalue weighted by atomic mass is 10.0. The molecule has 0 spiro atoms. The molecule has 0 aliphatic rings. The first-order valence-electron chi connectivity index (χ1n) is 7.63. The fraction of sp³-hybridized carbons (Fsp3) is 0.263. The van der Waals surface area contributed by atoms with Gasteiger partial charge < -0.3 is 10.1 Å². The molecular weight excluding hydrogens is 309 g/mol. The van der Waals surface area contributed by atoms with Crippen LogP contribution in [0.3, 0.4) is 0 Å². The molecule has 0 bridgehead atoms. The van der Waals surface area contributed by atoms with Crippen molar-refractivity contribution >= 4 is 17.6 Å². The van der Waals surface area contributed by atoms with Crippen molar-refractivity contribution in [1.29, 1.82) is 0 Å². The van der Waals surface area contributed by atoms with E-state index in [1.807, 2.05) is 32.9 Å². The van der Waals surface area contributed by atoms with Gasteiger partial charge in [-0.05, 0) is 63.1 Å². The number of benzene rings is 2. The summed E-state index contributed by atoms with van der Waals surface area (Å²) < 4.78 is 18.0. The zero-order valence-corrected chi connectivity index (χ0v) is 14.1. The van der Waals surface area contributed by atoms with Crippen LogP contribution in [0.4, 0.5) is 10.1 Å². The lowest BCUT2D eigenvalue weighted by Crippen LogP contribution is -2.30. The molecule has 5 heteroatoms. The normalized spacial score (nSPS) is 11.7. The van der Waals surface area contributed by atoms with E-state index in [0.717, 1.165) is 22.4 Å². The number of esters is 1. The van der Waals surface area contributed by atoms with Gasteiger partial charge in [-0.2, -0.15) is 0 Å². The van der Waals surface area contributed by atoms with Crippen LogP contribution >= 0.6 is 0 Å². The van der Waals surface area contributed by atoms with E-state index in [2.05, 4.69) is 5.32 Å². The van der Waals surface area contributed by atoms with Crippen LogP contribution in [0.25, 0.3) is 0 Å². The quantitative estimate of drug-likeness (QED) is 0.865. The number of hydrogen-bond donors (Lipinski definition) is 1. The van der Waals surface area contributed by atoms with Gasteiger partial charge in [-0.15, -0.1) is 0 Å². The molecule has 0 aliphatic heterocycles. The Bertz CT molecular complexity index is 746. The van der Waals surface area contributed by atoms with Gasteiger partial charge in [-0.1, -0.05) is 17.7 Å². The van der Waals surface area contributed by atoms with Gasteiger partial charge in [0.15, 0.2) is 6.10 Å². The van der Waals surface area contributed by atoms with E-state index in [4.69, 9.17) is 4.74 Å². The third-order valence-corrected chi connectivity index (χ3v) is 3.66. The molecule has 4 nitrogen and oxygen atoms in total. The van der Waals surface area contributed by atoms with Crippen molar-refractivity contribution < 1.29 is 18.7 Å². The van der Waals surface area contributed by atoms with Crippen LogP contribution in [0.5, 0.6) is 0 Å². The highest BCUT2D eigenvalue weighted by Gasteiger charge is 2.20. The Labute approximate surface area is 140 Å². The van der Waals surface area contributed by atoms with Crippen molar-refractivity contribution in [2.75, 3.05) is 5.32 Å². The second-order valence-electron chi connectivity index (χ2n) is 5.82. The lowest BCUT2D eigenvalue weighted by molar-refractivity contribution is -0.123. The summed E-state index contributed by atoms with van der Waals surface area (Å²) in [5.74, 6) is -1.53. The molecule has 0 heterocycles. The zero-order chi connectivity index (χ0) is 17.9. The fourth-order valence-corrected chi connectivity index (χ4v) is 2.47. The predicted octanol–water partition coefficient (Wildman–Crippen LogP) is 3.93. The van der Waals surface area contributed by atoms with Gasteiger partial charge in [0.05, 0.1) is 5.56 Å². The second-order valence-corrected chi connectivity index (χ2v) is 5.82. The van der Waals surface area contributed by atoms with Gasteiger partial charge in [-0.3, -0.25) is 4.79 Å². The van der Waals surface area contributed by atoms with Crippen LogP contribution in [-0.2, 0) is 9.53 Å². The van der Waals surface area contributed by atoms with Gasteiger partial charge in [0.2, 0.25) is 0 Å². The summed E-state index contributed by atoms with van der Waals surface area (Å²) in [4.78, 5) is 24.3. The molecule has 2 rings (SSSR count). The van der Waals surface area contributed by atoms with E-state index in [9.17, 15) is 14.0 Å². The van der Waals surface area contributed by atoms with Crippen LogP contribution in [0, 0.1) is 26.6 Å². The van der Waals surface area contributed by atoms with Crippen molar-refractivity contribution in [1.82, 2.24) is 0 Å². The fourth-order valence-electron chi connectivity index (χ4n) is 2.47. The van der Waals surface area contributed by atoms with Crippen molar-refractivity contribution in [3.8, 4) is 0 Å². The lowest BCUT2D eigenvalue weighted by Gasteiger charge is -2.17. The van der Waals surface area contributed by atoms with Crippen LogP contribution in [0.2, 0.25) is 0 Å². The summed E-state index contributed by atoms with van der Waals surface area (Å²) in [6.07, 6.45) is -0.970. The zero-order valence-electron chi connectivity index (χ0n) is 14.1. The average Bonchev–Trinajstić information content (AvgIpc) is 2.51. The molecule has 2 aromatic carbocycles. The van der Waals surface area contributed by atoms with Gasteiger partial charge in [0, 0.05) is 5.69 Å². The topological polar surface area (TPSA) is 55.4 Å². The maximum Gasteiger partial charge on any atom is 0.338 e. The molecule has 0 saturated carbocycles. The number of hydrogen-bond acceptors (Lipinski definition) is 3. The minimum atomic E-state index is -0.970. The van der Waals surface area contributed by atoms with E-state index in [1.54, 1.807) is 0 Å². The van der Waals surface area contributed by atoms with Crippen molar-refractivity contribution in [3.63, 3.8) is 0 Å². The number of carbonyl (C=O) groups excluding carboxylic acids is 2. The average molecular weight is 329 g/mol. The van der Waals surface area contributed by atoms with Gasteiger partial charge in [-0.25, -0.2) is 9.18 Å². The highest BCUT2D eigenvalue weighted by atomic mass is 19.1.